The standard InChI is InChI=1S/C25H17F9O/c1-2-3-14-4-6-15(7-5-14)17-10-11-19(23(29)22(17)28)25(33,34)35-16-8-9-18(20(26)12-16)21(27)13-24(30,31)32/h4-13H,2-3H2,1H3/b21-13-. The third kappa shape index (κ3) is 6.17. The zero-order valence-corrected chi connectivity index (χ0v) is 18.0. The summed E-state index contributed by atoms with van der Waals surface area (Å²) in [5.74, 6) is -8.03. The third-order valence-corrected chi connectivity index (χ3v) is 4.93. The fraction of sp³-hybridized carbons (Fsp3) is 0.200. The van der Waals surface area contributed by atoms with Crippen molar-refractivity contribution in [3.8, 4) is 16.9 Å². The van der Waals surface area contributed by atoms with Gasteiger partial charge < -0.3 is 4.74 Å². The Kier molecular flexibility index (Phi) is 7.52. The van der Waals surface area contributed by atoms with E-state index in [0.29, 0.717) is 18.2 Å². The van der Waals surface area contributed by atoms with Crippen LogP contribution in [0.15, 0.2) is 60.7 Å². The second-order valence-corrected chi connectivity index (χ2v) is 7.53. The van der Waals surface area contributed by atoms with Gasteiger partial charge in [0.05, 0.1) is 6.08 Å². The molecule has 0 bridgehead atoms. The normalized spacial score (nSPS) is 12.7. The van der Waals surface area contributed by atoms with Crippen molar-refractivity contribution in [3.63, 3.8) is 0 Å². The van der Waals surface area contributed by atoms with Crippen LogP contribution in [0.1, 0.15) is 30.0 Å². The van der Waals surface area contributed by atoms with Crippen molar-refractivity contribution in [1.29, 1.82) is 0 Å². The SMILES string of the molecule is CCCc1ccc(-c2ccc(C(F)(F)Oc3ccc(/C(F)=C/C(F)(F)F)c(F)c3)c(F)c2F)cc1. The van der Waals surface area contributed by atoms with Crippen molar-refractivity contribution < 1.29 is 44.3 Å². The lowest BCUT2D eigenvalue weighted by Crippen LogP contribution is -2.24. The Labute approximate surface area is 194 Å². The van der Waals surface area contributed by atoms with Crippen LogP contribution in [0.2, 0.25) is 0 Å². The first-order valence-electron chi connectivity index (χ1n) is 10.2. The van der Waals surface area contributed by atoms with Gasteiger partial charge in [0, 0.05) is 17.2 Å². The molecule has 35 heavy (non-hydrogen) atoms. The summed E-state index contributed by atoms with van der Waals surface area (Å²) < 4.78 is 127. The summed E-state index contributed by atoms with van der Waals surface area (Å²) in [5, 5.41) is 0. The van der Waals surface area contributed by atoms with Crippen LogP contribution in [0.25, 0.3) is 17.0 Å². The number of alkyl halides is 5. The van der Waals surface area contributed by atoms with Crippen LogP contribution >= 0.6 is 0 Å². The number of allylic oxidation sites excluding steroid dienone is 1. The van der Waals surface area contributed by atoms with Crippen LogP contribution in [-0.2, 0) is 12.5 Å². The number of halogens is 9. The van der Waals surface area contributed by atoms with Gasteiger partial charge in [-0.3, -0.25) is 0 Å². The van der Waals surface area contributed by atoms with Crippen molar-refractivity contribution in [2.24, 2.45) is 0 Å². The topological polar surface area (TPSA) is 9.23 Å². The molecule has 0 radical (unpaired) electrons. The number of benzene rings is 3. The first-order valence-corrected chi connectivity index (χ1v) is 10.2. The van der Waals surface area contributed by atoms with Gasteiger partial charge in [0.2, 0.25) is 0 Å². The minimum absolute atomic E-state index is 0.202. The molecule has 0 saturated heterocycles. The first-order chi connectivity index (χ1) is 16.3. The van der Waals surface area contributed by atoms with E-state index >= 15 is 0 Å². The van der Waals surface area contributed by atoms with Gasteiger partial charge in [-0.15, -0.1) is 0 Å². The Morgan fingerprint density at radius 1 is 0.857 bits per heavy atom. The first kappa shape index (κ1) is 26.2. The molecule has 3 rings (SSSR count). The molecule has 3 aromatic rings. The summed E-state index contributed by atoms with van der Waals surface area (Å²) in [6.45, 7) is 1.97. The molecule has 10 heteroatoms. The summed E-state index contributed by atoms with van der Waals surface area (Å²) in [6.07, 6.45) is -8.74. The third-order valence-electron chi connectivity index (χ3n) is 4.93. The monoisotopic (exact) mass is 504 g/mol. The predicted molar refractivity (Wildman–Crippen MR) is 112 cm³/mol. The molecule has 0 N–H and O–H groups in total. The second kappa shape index (κ2) is 10.1. The molecule has 0 saturated carbocycles. The molecular weight excluding hydrogens is 487 g/mol. The Balaban J connectivity index is 1.88. The van der Waals surface area contributed by atoms with E-state index in [2.05, 4.69) is 4.74 Å². The minimum atomic E-state index is -5.08. The van der Waals surface area contributed by atoms with Crippen LogP contribution in [0, 0.1) is 17.5 Å². The summed E-state index contributed by atoms with van der Waals surface area (Å²) in [6, 6.07) is 9.19. The highest BCUT2D eigenvalue weighted by atomic mass is 19.4. The van der Waals surface area contributed by atoms with Crippen LogP contribution in [0.5, 0.6) is 5.75 Å². The van der Waals surface area contributed by atoms with Gasteiger partial charge >= 0.3 is 12.3 Å². The van der Waals surface area contributed by atoms with E-state index in [1.807, 2.05) is 6.92 Å². The Hall–Kier alpha value is -3.43. The van der Waals surface area contributed by atoms with Crippen LogP contribution in [0.4, 0.5) is 39.5 Å². The van der Waals surface area contributed by atoms with Crippen molar-refractivity contribution >= 4 is 5.83 Å². The van der Waals surface area contributed by atoms with Gasteiger partial charge in [0.15, 0.2) is 11.6 Å². The van der Waals surface area contributed by atoms with Gasteiger partial charge in [-0.25, -0.2) is 17.6 Å². The molecule has 0 aliphatic rings. The molecule has 0 heterocycles. The van der Waals surface area contributed by atoms with Crippen molar-refractivity contribution in [3.05, 3.63) is 94.8 Å². The molecule has 186 valence electrons. The number of hydrogen-bond acceptors (Lipinski definition) is 1. The molecule has 0 aliphatic carbocycles. The molecule has 0 aromatic heterocycles. The highest BCUT2D eigenvalue weighted by molar-refractivity contribution is 5.65. The lowest BCUT2D eigenvalue weighted by Gasteiger charge is -2.20. The van der Waals surface area contributed by atoms with E-state index in [1.165, 1.54) is 12.1 Å². The average molecular weight is 504 g/mol. The van der Waals surface area contributed by atoms with E-state index in [4.69, 9.17) is 0 Å². The van der Waals surface area contributed by atoms with Crippen LogP contribution in [-0.4, -0.2) is 6.18 Å². The number of rotatable bonds is 7. The van der Waals surface area contributed by atoms with Crippen molar-refractivity contribution in [2.45, 2.75) is 32.1 Å². The lowest BCUT2D eigenvalue weighted by molar-refractivity contribution is -0.187. The zero-order valence-electron chi connectivity index (χ0n) is 18.0. The van der Waals surface area contributed by atoms with Crippen LogP contribution in [0.3, 0.4) is 0 Å². The smallest absolute Gasteiger partial charge is 0.429 e. The van der Waals surface area contributed by atoms with Crippen molar-refractivity contribution in [2.75, 3.05) is 0 Å². The lowest BCUT2D eigenvalue weighted by atomic mass is 10.00. The molecule has 3 aromatic carbocycles. The van der Waals surface area contributed by atoms with Gasteiger partial charge in [-0.05, 0) is 35.7 Å². The zero-order chi connectivity index (χ0) is 26.0. The Morgan fingerprint density at radius 3 is 2.09 bits per heavy atom. The van der Waals surface area contributed by atoms with Gasteiger partial charge in [-0.2, -0.15) is 22.0 Å². The maximum atomic E-state index is 14.6. The van der Waals surface area contributed by atoms with E-state index in [9.17, 15) is 39.5 Å². The summed E-state index contributed by atoms with van der Waals surface area (Å²) in [4.78, 5) is 0. The maximum Gasteiger partial charge on any atom is 0.429 e. The Morgan fingerprint density at radius 2 is 1.51 bits per heavy atom. The second-order valence-electron chi connectivity index (χ2n) is 7.53. The Bertz CT molecular complexity index is 1230. The fourth-order valence-electron chi connectivity index (χ4n) is 3.31. The summed E-state index contributed by atoms with van der Waals surface area (Å²) in [7, 11) is 0. The maximum absolute atomic E-state index is 14.6. The highest BCUT2D eigenvalue weighted by Crippen LogP contribution is 2.37. The largest absolute Gasteiger partial charge is 0.429 e. The molecular formula is C25H17F9O. The number of aryl methyl sites for hydroxylation is 1. The molecule has 0 aliphatic heterocycles. The number of hydrogen-bond donors (Lipinski definition) is 0. The molecule has 1 nitrogen and oxygen atoms in total. The van der Waals surface area contributed by atoms with Gasteiger partial charge in [0.1, 0.15) is 23.0 Å². The predicted octanol–water partition coefficient (Wildman–Crippen LogP) is 8.72. The quantitative estimate of drug-likeness (QED) is 0.293. The van der Waals surface area contributed by atoms with E-state index in [1.54, 1.807) is 12.1 Å². The average Bonchev–Trinajstić information content (AvgIpc) is 2.75. The number of ether oxygens (including phenoxy) is 1. The minimum Gasteiger partial charge on any atom is -0.429 e. The fourth-order valence-corrected chi connectivity index (χ4v) is 3.31. The molecule has 0 unspecified atom stereocenters. The molecule has 0 atom stereocenters. The summed E-state index contributed by atoms with van der Waals surface area (Å²) in [5.41, 5.74) is -1.70. The van der Waals surface area contributed by atoms with E-state index < -0.39 is 58.5 Å². The highest BCUT2D eigenvalue weighted by Gasteiger charge is 2.39. The molecule has 0 amide bonds. The van der Waals surface area contributed by atoms with E-state index in [-0.39, 0.29) is 17.2 Å². The van der Waals surface area contributed by atoms with Gasteiger partial charge in [0.25, 0.3) is 0 Å². The summed E-state index contributed by atoms with van der Waals surface area (Å²) >= 11 is 0. The van der Waals surface area contributed by atoms with E-state index in [0.717, 1.165) is 24.5 Å². The molecule has 0 spiro atoms. The van der Waals surface area contributed by atoms with Crippen molar-refractivity contribution in [1.82, 2.24) is 0 Å². The molecule has 0 fully saturated rings. The van der Waals surface area contributed by atoms with Crippen LogP contribution < -0.4 is 4.74 Å². The van der Waals surface area contributed by atoms with Gasteiger partial charge in [-0.1, -0.05) is 43.7 Å².